The molecule has 0 spiro atoms. The summed E-state index contributed by atoms with van der Waals surface area (Å²) < 4.78 is 41.9. The number of hydrogen-bond acceptors (Lipinski definition) is 2. The highest BCUT2D eigenvalue weighted by atomic mass is 35.5. The van der Waals surface area contributed by atoms with Crippen LogP contribution in [0.15, 0.2) is 0 Å². The Morgan fingerprint density at radius 1 is 1.15 bits per heavy atom. The maximum atomic E-state index is 10.8. The number of halogens is 3. The number of sulfone groups is 1. The van der Waals surface area contributed by atoms with Crippen LogP contribution in [0.2, 0.25) is 0 Å². The van der Waals surface area contributed by atoms with Crippen molar-refractivity contribution < 1.29 is 17.2 Å². The second kappa shape index (κ2) is 8.69. The summed E-state index contributed by atoms with van der Waals surface area (Å²) in [5.41, 5.74) is 0. The second-order valence-corrected chi connectivity index (χ2v) is 5.03. The minimum atomic E-state index is -2.69. The molecule has 0 rings (SSSR count). The molecule has 0 aliphatic rings. The molecule has 0 aliphatic carbocycles. The molecule has 13 heavy (non-hydrogen) atoms. The van der Waals surface area contributed by atoms with Crippen molar-refractivity contribution in [3.8, 4) is 0 Å². The predicted molar refractivity (Wildman–Crippen MR) is 51.1 cm³/mol. The average Bonchev–Trinajstić information content (AvgIpc) is 1.84. The average molecular weight is 237 g/mol. The lowest BCUT2D eigenvalue weighted by Gasteiger charge is -1.96. The van der Waals surface area contributed by atoms with Gasteiger partial charge in [0.15, 0.2) is 0 Å². The molecule has 0 aromatic heterocycles. The lowest BCUT2D eigenvalue weighted by atomic mass is 10.6. The van der Waals surface area contributed by atoms with E-state index < -0.39 is 15.7 Å². The van der Waals surface area contributed by atoms with Crippen molar-refractivity contribution in [2.45, 2.75) is 32.6 Å². The first-order valence-corrected chi connectivity index (χ1v) is 6.24. The van der Waals surface area contributed by atoms with E-state index in [4.69, 9.17) is 0 Å². The molecule has 0 atom stereocenters. The van der Waals surface area contributed by atoms with Crippen LogP contribution in [0.25, 0.3) is 0 Å². The molecule has 2 nitrogen and oxygen atoms in total. The minimum absolute atomic E-state index is 0.348. The summed E-state index contributed by atoms with van der Waals surface area (Å²) in [5, 5.41) is 0. The van der Waals surface area contributed by atoms with Gasteiger partial charge in [-0.15, -0.1) is 0 Å². The number of rotatable bonds is 4. The fraction of sp³-hybridized carbons (Fsp3) is 1.00. The van der Waals surface area contributed by atoms with E-state index in [1.165, 1.54) is 0 Å². The van der Waals surface area contributed by atoms with Gasteiger partial charge in [0.1, 0.15) is 9.84 Å². The summed E-state index contributed by atoms with van der Waals surface area (Å²) >= 11 is 3.94. The van der Waals surface area contributed by atoms with E-state index in [-0.39, 0.29) is 0 Å². The molecule has 0 unspecified atom stereocenters. The van der Waals surface area contributed by atoms with Crippen LogP contribution in [-0.2, 0) is 9.84 Å². The molecule has 82 valence electrons. The highest BCUT2D eigenvalue weighted by molar-refractivity contribution is 7.91. The van der Waals surface area contributed by atoms with Gasteiger partial charge < -0.3 is 0 Å². The summed E-state index contributed by atoms with van der Waals surface area (Å²) in [6.45, 7) is 3.76. The van der Waals surface area contributed by atoms with Gasteiger partial charge in [0.05, 0.1) is 0 Å². The maximum absolute atomic E-state index is 10.8. The zero-order valence-electron chi connectivity index (χ0n) is 7.76. The summed E-state index contributed by atoms with van der Waals surface area (Å²) in [6.07, 6.45) is 1.48. The molecule has 0 bridgehead atoms. The van der Waals surface area contributed by atoms with Crippen LogP contribution >= 0.6 is 11.6 Å². The van der Waals surface area contributed by atoms with E-state index in [9.17, 15) is 17.2 Å². The Morgan fingerprint density at radius 3 is 1.54 bits per heavy atom. The van der Waals surface area contributed by atoms with E-state index >= 15 is 0 Å². The molecule has 0 N–H and O–H groups in total. The van der Waals surface area contributed by atoms with Crippen LogP contribution in [0.5, 0.6) is 0 Å². The van der Waals surface area contributed by atoms with Crippen molar-refractivity contribution in [1.29, 1.82) is 0 Å². The van der Waals surface area contributed by atoms with Gasteiger partial charge in [-0.1, -0.05) is 25.4 Å². The van der Waals surface area contributed by atoms with Crippen LogP contribution in [0.3, 0.4) is 0 Å². The lowest BCUT2D eigenvalue weighted by molar-refractivity contribution is 0.243. The quantitative estimate of drug-likeness (QED) is 0.704. The molecule has 0 radical (unpaired) electrons. The van der Waals surface area contributed by atoms with Crippen LogP contribution in [-0.4, -0.2) is 25.8 Å². The third-order valence-corrected chi connectivity index (χ3v) is 3.09. The number of hydrogen-bond donors (Lipinski definition) is 0. The van der Waals surface area contributed by atoms with E-state index in [2.05, 4.69) is 11.6 Å². The van der Waals surface area contributed by atoms with Gasteiger partial charge in [-0.25, -0.2) is 8.42 Å². The molecule has 0 aliphatic heterocycles. The topological polar surface area (TPSA) is 34.1 Å². The summed E-state index contributed by atoms with van der Waals surface area (Å²) in [5.74, 6) is -2.00. The zero-order valence-corrected chi connectivity index (χ0v) is 9.34. The molecule has 0 aromatic rings. The summed E-state index contributed by atoms with van der Waals surface area (Å²) in [6, 6.07) is 0. The minimum Gasteiger partial charge on any atom is -0.229 e. The molecule has 0 amide bonds. The molecule has 0 heterocycles. The highest BCUT2D eigenvalue weighted by Gasteiger charge is 2.05. The van der Waals surface area contributed by atoms with Gasteiger partial charge in [-0.2, -0.15) is 8.78 Å². The lowest BCUT2D eigenvalue weighted by Crippen LogP contribution is -2.08. The Morgan fingerprint density at radius 2 is 1.38 bits per heavy atom. The first kappa shape index (κ1) is 15.6. The smallest absolute Gasteiger partial charge is 0.229 e. The Bertz CT molecular complexity index is 178. The Kier molecular flexibility index (Phi) is 10.4. The Hall–Kier alpha value is 0.1000. The molecule has 0 saturated carbocycles. The van der Waals surface area contributed by atoms with Gasteiger partial charge in [0.2, 0.25) is 0 Å². The van der Waals surface area contributed by atoms with Crippen molar-refractivity contribution in [3.05, 3.63) is 0 Å². The van der Waals surface area contributed by atoms with Crippen LogP contribution in [0, 0.1) is 0 Å². The van der Waals surface area contributed by atoms with Crippen molar-refractivity contribution in [1.82, 2.24) is 0 Å². The fourth-order valence-corrected chi connectivity index (χ4v) is 2.17. The first-order chi connectivity index (χ1) is 5.85. The van der Waals surface area contributed by atoms with Crippen LogP contribution in [0.4, 0.5) is 8.78 Å². The largest absolute Gasteiger partial charge is 0.312 e. The molecular weight excluding hydrogens is 222 g/mol. The standard InChI is InChI=1S/C6H14O2S.CHClF2/c1-3-5-9(7,8)6-4-2;2-1(3)4/h3-6H2,1-2H3;1H. The van der Waals surface area contributed by atoms with Crippen molar-refractivity contribution in [2.75, 3.05) is 11.5 Å². The van der Waals surface area contributed by atoms with Crippen molar-refractivity contribution in [3.63, 3.8) is 0 Å². The molecule has 6 heteroatoms. The van der Waals surface area contributed by atoms with E-state index in [1.54, 1.807) is 0 Å². The third-order valence-electron chi connectivity index (χ3n) is 1.03. The monoisotopic (exact) mass is 236 g/mol. The molecule has 0 saturated heterocycles. The van der Waals surface area contributed by atoms with E-state index in [0.29, 0.717) is 11.5 Å². The van der Waals surface area contributed by atoms with Crippen molar-refractivity contribution in [2.24, 2.45) is 0 Å². The number of alkyl halides is 3. The zero-order chi connectivity index (χ0) is 10.9. The first-order valence-electron chi connectivity index (χ1n) is 3.98. The van der Waals surface area contributed by atoms with Gasteiger partial charge in [0.25, 0.3) is 0 Å². The predicted octanol–water partition coefficient (Wildman–Crippen LogP) is 2.67. The Balaban J connectivity index is 0. The van der Waals surface area contributed by atoms with E-state index in [1.807, 2.05) is 13.8 Å². The SMILES string of the molecule is CCCS(=O)(=O)CCC.FC(F)Cl. The normalized spacial score (nSPS) is 10.9. The maximum Gasteiger partial charge on any atom is 0.312 e. The second-order valence-electron chi connectivity index (χ2n) is 2.40. The van der Waals surface area contributed by atoms with Gasteiger partial charge in [-0.3, -0.25) is 0 Å². The van der Waals surface area contributed by atoms with Gasteiger partial charge in [-0.05, 0) is 12.8 Å². The van der Waals surface area contributed by atoms with Gasteiger partial charge >= 0.3 is 5.88 Å². The molecule has 0 aromatic carbocycles. The Labute approximate surface area is 83.2 Å². The highest BCUT2D eigenvalue weighted by Crippen LogP contribution is 1.94. The van der Waals surface area contributed by atoms with Gasteiger partial charge in [0, 0.05) is 11.5 Å². The van der Waals surface area contributed by atoms with Crippen LogP contribution < -0.4 is 0 Å². The summed E-state index contributed by atoms with van der Waals surface area (Å²) in [7, 11) is -2.68. The van der Waals surface area contributed by atoms with Crippen LogP contribution in [0.1, 0.15) is 26.7 Å². The molecule has 0 fully saturated rings. The van der Waals surface area contributed by atoms with Crippen molar-refractivity contribution >= 4 is 21.4 Å². The molecular formula is C7H15ClF2O2S. The third kappa shape index (κ3) is 18.8. The fourth-order valence-electron chi connectivity index (χ4n) is 0.724. The summed E-state index contributed by atoms with van der Waals surface area (Å²) in [4.78, 5) is 0. The van der Waals surface area contributed by atoms with E-state index in [0.717, 1.165) is 12.8 Å².